The van der Waals surface area contributed by atoms with Gasteiger partial charge in [-0.1, -0.05) is 18.2 Å². The lowest BCUT2D eigenvalue weighted by atomic mass is 10.3. The van der Waals surface area contributed by atoms with Crippen molar-refractivity contribution in [1.29, 1.82) is 0 Å². The molecule has 5 nitrogen and oxygen atoms in total. The minimum Gasteiger partial charge on any atom is -0.472 e. The Morgan fingerprint density at radius 1 is 1.25 bits per heavy atom. The van der Waals surface area contributed by atoms with E-state index in [2.05, 4.69) is 10.4 Å². The molecule has 1 amide bonds. The molecule has 3 rings (SSSR count). The van der Waals surface area contributed by atoms with Crippen molar-refractivity contribution in [2.45, 2.75) is 6.54 Å². The molecule has 0 aliphatic heterocycles. The summed E-state index contributed by atoms with van der Waals surface area (Å²) in [5.74, 6) is -0.161. The summed E-state index contributed by atoms with van der Waals surface area (Å²) < 4.78 is 6.65. The summed E-state index contributed by atoms with van der Waals surface area (Å²) in [6.45, 7) is 0.427. The van der Waals surface area contributed by atoms with Crippen LogP contribution in [0.4, 0.5) is 0 Å². The van der Waals surface area contributed by atoms with Crippen LogP contribution in [0.1, 0.15) is 15.9 Å². The van der Waals surface area contributed by atoms with E-state index in [0.29, 0.717) is 12.1 Å². The molecule has 2 aromatic heterocycles. The summed E-state index contributed by atoms with van der Waals surface area (Å²) in [5, 5.41) is 7.09. The van der Waals surface area contributed by atoms with E-state index in [1.165, 1.54) is 12.5 Å². The van der Waals surface area contributed by atoms with E-state index in [-0.39, 0.29) is 5.91 Å². The maximum atomic E-state index is 11.8. The normalized spacial score (nSPS) is 10.4. The number of nitrogens with one attached hydrogen (secondary N) is 1. The smallest absolute Gasteiger partial charge is 0.254 e. The van der Waals surface area contributed by atoms with Crippen LogP contribution < -0.4 is 5.32 Å². The predicted octanol–water partition coefficient (Wildman–Crippen LogP) is 2.40. The van der Waals surface area contributed by atoms with Gasteiger partial charge in [-0.2, -0.15) is 5.10 Å². The predicted molar refractivity (Wildman–Crippen MR) is 73.4 cm³/mol. The summed E-state index contributed by atoms with van der Waals surface area (Å²) in [6, 6.07) is 11.4. The Kier molecular flexibility index (Phi) is 3.33. The third kappa shape index (κ3) is 2.61. The quantitative estimate of drug-likeness (QED) is 0.789. The number of aromatic nitrogens is 2. The van der Waals surface area contributed by atoms with Crippen LogP contribution >= 0.6 is 0 Å². The number of hydrogen-bond donors (Lipinski definition) is 1. The molecule has 3 aromatic rings. The van der Waals surface area contributed by atoms with E-state index < -0.39 is 0 Å². The molecule has 0 aliphatic rings. The molecule has 0 bridgehead atoms. The highest BCUT2D eigenvalue weighted by Gasteiger charge is 2.07. The zero-order valence-electron chi connectivity index (χ0n) is 10.7. The Labute approximate surface area is 115 Å². The molecule has 0 saturated carbocycles. The first kappa shape index (κ1) is 12.2. The van der Waals surface area contributed by atoms with Gasteiger partial charge in [0.05, 0.1) is 23.7 Å². The fraction of sp³-hybridized carbons (Fsp3) is 0.0667. The third-order valence-electron chi connectivity index (χ3n) is 2.89. The highest BCUT2D eigenvalue weighted by molar-refractivity contribution is 5.93. The average Bonchev–Trinajstić information content (AvgIpc) is 3.17. The maximum absolute atomic E-state index is 11.8. The maximum Gasteiger partial charge on any atom is 0.254 e. The summed E-state index contributed by atoms with van der Waals surface area (Å²) in [6.07, 6.45) is 6.53. The molecule has 0 spiro atoms. The zero-order chi connectivity index (χ0) is 13.8. The van der Waals surface area contributed by atoms with E-state index in [1.54, 1.807) is 16.9 Å². The van der Waals surface area contributed by atoms with Gasteiger partial charge in [-0.15, -0.1) is 0 Å². The van der Waals surface area contributed by atoms with Crippen LogP contribution in [0.5, 0.6) is 0 Å². The lowest BCUT2D eigenvalue weighted by Gasteiger charge is -2.01. The summed E-state index contributed by atoms with van der Waals surface area (Å²) >= 11 is 0. The number of carbonyl (C=O) groups excluding carboxylic acids is 1. The van der Waals surface area contributed by atoms with Gasteiger partial charge in [-0.3, -0.25) is 4.79 Å². The molecule has 100 valence electrons. The Morgan fingerprint density at radius 2 is 2.10 bits per heavy atom. The van der Waals surface area contributed by atoms with Crippen molar-refractivity contribution in [2.75, 3.05) is 0 Å². The van der Waals surface area contributed by atoms with Crippen LogP contribution in [0.2, 0.25) is 0 Å². The van der Waals surface area contributed by atoms with Gasteiger partial charge in [-0.05, 0) is 18.2 Å². The van der Waals surface area contributed by atoms with E-state index in [1.807, 2.05) is 36.5 Å². The lowest BCUT2D eigenvalue weighted by molar-refractivity contribution is 0.0950. The molecule has 1 aromatic carbocycles. The standard InChI is InChI=1S/C15H13N3O2/c19-15(13-6-7-20-11-13)16-8-12-9-17-18(10-12)14-4-2-1-3-5-14/h1-7,9-11H,8H2,(H,16,19). The highest BCUT2D eigenvalue weighted by atomic mass is 16.3. The molecule has 1 N–H and O–H groups in total. The molecular formula is C15H13N3O2. The van der Waals surface area contributed by atoms with E-state index in [4.69, 9.17) is 4.42 Å². The SMILES string of the molecule is O=C(NCc1cnn(-c2ccccc2)c1)c1ccoc1. The van der Waals surface area contributed by atoms with Crippen LogP contribution in [0.3, 0.4) is 0 Å². The number of nitrogens with zero attached hydrogens (tertiary/aromatic N) is 2. The number of rotatable bonds is 4. The van der Waals surface area contributed by atoms with Crippen molar-refractivity contribution < 1.29 is 9.21 Å². The molecule has 0 radical (unpaired) electrons. The highest BCUT2D eigenvalue weighted by Crippen LogP contribution is 2.08. The monoisotopic (exact) mass is 267 g/mol. The second-order valence-electron chi connectivity index (χ2n) is 4.32. The zero-order valence-corrected chi connectivity index (χ0v) is 10.7. The van der Waals surface area contributed by atoms with Gasteiger partial charge in [0, 0.05) is 18.3 Å². The van der Waals surface area contributed by atoms with Gasteiger partial charge in [0.15, 0.2) is 0 Å². The molecular weight excluding hydrogens is 254 g/mol. The van der Waals surface area contributed by atoms with E-state index in [0.717, 1.165) is 11.3 Å². The Balaban J connectivity index is 1.65. The number of furan rings is 1. The van der Waals surface area contributed by atoms with Gasteiger partial charge < -0.3 is 9.73 Å². The molecule has 0 unspecified atom stereocenters. The van der Waals surface area contributed by atoms with Gasteiger partial charge >= 0.3 is 0 Å². The van der Waals surface area contributed by atoms with E-state index >= 15 is 0 Å². The first-order chi connectivity index (χ1) is 9.83. The average molecular weight is 267 g/mol. The van der Waals surface area contributed by atoms with Crippen molar-refractivity contribution >= 4 is 5.91 Å². The largest absolute Gasteiger partial charge is 0.472 e. The molecule has 0 aliphatic carbocycles. The number of carbonyl (C=O) groups is 1. The first-order valence-corrected chi connectivity index (χ1v) is 6.22. The minimum atomic E-state index is -0.161. The number of hydrogen-bond acceptors (Lipinski definition) is 3. The topological polar surface area (TPSA) is 60.1 Å². The molecule has 5 heteroatoms. The molecule has 20 heavy (non-hydrogen) atoms. The van der Waals surface area contributed by atoms with Crippen LogP contribution in [0.15, 0.2) is 65.7 Å². The second kappa shape index (κ2) is 5.44. The Bertz CT molecular complexity index is 687. The van der Waals surface area contributed by atoms with Gasteiger partial charge in [0.2, 0.25) is 0 Å². The molecule has 2 heterocycles. The van der Waals surface area contributed by atoms with Crippen molar-refractivity contribution in [3.05, 3.63) is 72.4 Å². The Morgan fingerprint density at radius 3 is 2.85 bits per heavy atom. The van der Waals surface area contributed by atoms with Crippen LogP contribution in [0, 0.1) is 0 Å². The fourth-order valence-electron chi connectivity index (χ4n) is 1.85. The molecule has 0 saturated heterocycles. The van der Waals surface area contributed by atoms with Crippen LogP contribution in [0.25, 0.3) is 5.69 Å². The summed E-state index contributed by atoms with van der Waals surface area (Å²) in [7, 11) is 0. The van der Waals surface area contributed by atoms with Gasteiger partial charge in [0.1, 0.15) is 6.26 Å². The van der Waals surface area contributed by atoms with E-state index in [9.17, 15) is 4.79 Å². The van der Waals surface area contributed by atoms with Gasteiger partial charge in [-0.25, -0.2) is 4.68 Å². The first-order valence-electron chi connectivity index (χ1n) is 6.22. The number of para-hydroxylation sites is 1. The lowest BCUT2D eigenvalue weighted by Crippen LogP contribution is -2.21. The van der Waals surface area contributed by atoms with Crippen molar-refractivity contribution in [1.82, 2.24) is 15.1 Å². The molecule has 0 atom stereocenters. The second-order valence-corrected chi connectivity index (χ2v) is 4.32. The summed E-state index contributed by atoms with van der Waals surface area (Å²) in [4.78, 5) is 11.8. The third-order valence-corrected chi connectivity index (χ3v) is 2.89. The number of amides is 1. The minimum absolute atomic E-state index is 0.161. The van der Waals surface area contributed by atoms with Crippen molar-refractivity contribution in [3.63, 3.8) is 0 Å². The van der Waals surface area contributed by atoms with Crippen LogP contribution in [-0.2, 0) is 6.54 Å². The fourth-order valence-corrected chi connectivity index (χ4v) is 1.85. The van der Waals surface area contributed by atoms with Gasteiger partial charge in [0.25, 0.3) is 5.91 Å². The van der Waals surface area contributed by atoms with Crippen LogP contribution in [-0.4, -0.2) is 15.7 Å². The van der Waals surface area contributed by atoms with Crippen molar-refractivity contribution in [3.8, 4) is 5.69 Å². The number of benzene rings is 1. The Hall–Kier alpha value is -2.82. The molecule has 0 fully saturated rings. The summed E-state index contributed by atoms with van der Waals surface area (Å²) in [5.41, 5.74) is 2.44. The van der Waals surface area contributed by atoms with Crippen molar-refractivity contribution in [2.24, 2.45) is 0 Å².